The van der Waals surface area contributed by atoms with Crippen molar-refractivity contribution in [2.75, 3.05) is 36.0 Å². The topological polar surface area (TPSA) is 61.4 Å². The number of benzene rings is 3. The molecule has 1 aromatic heterocycles. The first-order chi connectivity index (χ1) is 16.6. The lowest BCUT2D eigenvalue weighted by Crippen LogP contribution is -2.47. The Morgan fingerprint density at radius 3 is 2.03 bits per heavy atom. The summed E-state index contributed by atoms with van der Waals surface area (Å²) in [7, 11) is 0. The molecule has 0 atom stereocenters. The standard InChI is InChI=1S/C26H23F2N5O/c27-19-7-5-18(6-8-19)17-29-26(34)24-22-3-1-2-4-23(22)25(31-30-24)33-15-13-32(14-16-33)21-11-9-20(28)10-12-21/h1-12H,13-17H2,(H,29,34). The molecule has 1 saturated heterocycles. The molecule has 0 aliphatic carbocycles. The summed E-state index contributed by atoms with van der Waals surface area (Å²) >= 11 is 0. The van der Waals surface area contributed by atoms with Crippen LogP contribution < -0.4 is 15.1 Å². The summed E-state index contributed by atoms with van der Waals surface area (Å²) in [6.45, 7) is 3.25. The zero-order valence-corrected chi connectivity index (χ0v) is 18.4. The Morgan fingerprint density at radius 1 is 0.765 bits per heavy atom. The Morgan fingerprint density at radius 2 is 1.35 bits per heavy atom. The molecular formula is C26H23F2N5O. The second-order valence-corrected chi connectivity index (χ2v) is 8.18. The number of nitrogens with one attached hydrogen (secondary N) is 1. The summed E-state index contributed by atoms with van der Waals surface area (Å²) in [5.41, 5.74) is 2.04. The number of anilines is 2. The predicted molar refractivity (Wildman–Crippen MR) is 128 cm³/mol. The van der Waals surface area contributed by atoms with E-state index in [-0.39, 0.29) is 29.8 Å². The highest BCUT2D eigenvalue weighted by Gasteiger charge is 2.23. The van der Waals surface area contributed by atoms with Crippen LogP contribution in [-0.4, -0.2) is 42.3 Å². The van der Waals surface area contributed by atoms with Crippen LogP contribution in [0.5, 0.6) is 0 Å². The summed E-state index contributed by atoms with van der Waals surface area (Å²) in [5, 5.41) is 13.1. The van der Waals surface area contributed by atoms with Gasteiger partial charge in [-0.1, -0.05) is 36.4 Å². The fourth-order valence-electron chi connectivity index (χ4n) is 4.19. The summed E-state index contributed by atoms with van der Waals surface area (Å²) in [4.78, 5) is 17.2. The van der Waals surface area contributed by atoms with Crippen LogP contribution in [0.25, 0.3) is 10.8 Å². The van der Waals surface area contributed by atoms with Crippen LogP contribution in [0.4, 0.5) is 20.3 Å². The van der Waals surface area contributed by atoms with Gasteiger partial charge < -0.3 is 15.1 Å². The minimum Gasteiger partial charge on any atom is -0.368 e. The molecular weight excluding hydrogens is 436 g/mol. The van der Waals surface area contributed by atoms with Gasteiger partial charge in [-0.15, -0.1) is 10.2 Å². The van der Waals surface area contributed by atoms with Gasteiger partial charge in [0.2, 0.25) is 0 Å². The van der Waals surface area contributed by atoms with Crippen LogP contribution in [0.1, 0.15) is 16.1 Å². The number of carbonyl (C=O) groups excluding carboxylic acids is 1. The molecule has 0 radical (unpaired) electrons. The van der Waals surface area contributed by atoms with Crippen molar-refractivity contribution < 1.29 is 13.6 Å². The van der Waals surface area contributed by atoms with E-state index in [1.54, 1.807) is 24.3 Å². The van der Waals surface area contributed by atoms with Gasteiger partial charge in [-0.2, -0.15) is 0 Å². The minimum absolute atomic E-state index is 0.245. The Hall–Kier alpha value is -4.07. The summed E-state index contributed by atoms with van der Waals surface area (Å²) in [6, 6.07) is 20.1. The molecule has 1 aliphatic rings. The number of carbonyl (C=O) groups is 1. The first-order valence-corrected chi connectivity index (χ1v) is 11.1. The Balaban J connectivity index is 1.33. The van der Waals surface area contributed by atoms with Crippen LogP contribution in [-0.2, 0) is 6.54 Å². The van der Waals surface area contributed by atoms with Gasteiger partial charge in [0.25, 0.3) is 5.91 Å². The third-order valence-corrected chi connectivity index (χ3v) is 6.02. The molecule has 6 nitrogen and oxygen atoms in total. The number of hydrogen-bond donors (Lipinski definition) is 1. The lowest BCUT2D eigenvalue weighted by Gasteiger charge is -2.37. The highest BCUT2D eigenvalue weighted by molar-refractivity contribution is 6.07. The monoisotopic (exact) mass is 459 g/mol. The fraction of sp³-hybridized carbons (Fsp3) is 0.192. The molecule has 1 amide bonds. The van der Waals surface area contributed by atoms with Crippen molar-refractivity contribution in [3.63, 3.8) is 0 Å². The second-order valence-electron chi connectivity index (χ2n) is 8.18. The van der Waals surface area contributed by atoms with Crippen molar-refractivity contribution in [2.45, 2.75) is 6.54 Å². The number of nitrogens with zero attached hydrogens (tertiary/aromatic N) is 4. The number of piperazine rings is 1. The van der Waals surface area contributed by atoms with E-state index in [1.165, 1.54) is 24.3 Å². The van der Waals surface area contributed by atoms with Gasteiger partial charge in [0.15, 0.2) is 11.5 Å². The molecule has 1 fully saturated rings. The molecule has 0 spiro atoms. The van der Waals surface area contributed by atoms with E-state index in [0.717, 1.165) is 54.0 Å². The van der Waals surface area contributed by atoms with Crippen molar-refractivity contribution >= 4 is 28.2 Å². The maximum absolute atomic E-state index is 13.2. The third kappa shape index (κ3) is 4.52. The smallest absolute Gasteiger partial charge is 0.272 e. The average molecular weight is 460 g/mol. The van der Waals surface area contributed by atoms with E-state index in [4.69, 9.17) is 0 Å². The first-order valence-electron chi connectivity index (χ1n) is 11.1. The van der Waals surface area contributed by atoms with Gasteiger partial charge in [0.1, 0.15) is 11.6 Å². The number of halogens is 2. The zero-order chi connectivity index (χ0) is 23.5. The van der Waals surface area contributed by atoms with Crippen LogP contribution in [0, 0.1) is 11.6 Å². The van der Waals surface area contributed by atoms with Gasteiger partial charge in [0, 0.05) is 49.2 Å². The number of aromatic nitrogens is 2. The Bertz CT molecular complexity index is 1300. The summed E-state index contributed by atoms with van der Waals surface area (Å²) < 4.78 is 26.4. The van der Waals surface area contributed by atoms with Crippen LogP contribution in [0.3, 0.4) is 0 Å². The van der Waals surface area contributed by atoms with Crippen molar-refractivity contribution in [3.05, 3.63) is 95.7 Å². The lowest BCUT2D eigenvalue weighted by atomic mass is 10.1. The largest absolute Gasteiger partial charge is 0.368 e. The number of rotatable bonds is 5. The van der Waals surface area contributed by atoms with E-state index in [1.807, 2.05) is 24.3 Å². The molecule has 1 N–H and O–H groups in total. The number of fused-ring (bicyclic) bond motifs is 1. The molecule has 0 unspecified atom stereocenters. The average Bonchev–Trinajstić information content (AvgIpc) is 2.88. The number of amides is 1. The van der Waals surface area contributed by atoms with Crippen molar-refractivity contribution in [1.82, 2.24) is 15.5 Å². The summed E-state index contributed by atoms with van der Waals surface area (Å²) in [5.74, 6) is -0.155. The van der Waals surface area contributed by atoms with Crippen molar-refractivity contribution in [3.8, 4) is 0 Å². The highest BCUT2D eigenvalue weighted by Crippen LogP contribution is 2.27. The SMILES string of the molecule is O=C(NCc1ccc(F)cc1)c1nnc(N2CCN(c3ccc(F)cc3)CC2)c2ccccc12. The van der Waals surface area contributed by atoms with Gasteiger partial charge in [-0.05, 0) is 42.0 Å². The van der Waals surface area contributed by atoms with E-state index >= 15 is 0 Å². The van der Waals surface area contributed by atoms with Gasteiger partial charge in [-0.3, -0.25) is 4.79 Å². The molecule has 172 valence electrons. The zero-order valence-electron chi connectivity index (χ0n) is 18.4. The summed E-state index contributed by atoms with van der Waals surface area (Å²) in [6.07, 6.45) is 0. The second kappa shape index (κ2) is 9.43. The Labute approximate surface area is 195 Å². The first kappa shape index (κ1) is 21.8. The molecule has 5 rings (SSSR count). The molecule has 34 heavy (non-hydrogen) atoms. The molecule has 1 aliphatic heterocycles. The van der Waals surface area contributed by atoms with Crippen LogP contribution >= 0.6 is 0 Å². The number of hydrogen-bond acceptors (Lipinski definition) is 5. The molecule has 8 heteroatoms. The van der Waals surface area contributed by atoms with E-state index in [0.29, 0.717) is 0 Å². The van der Waals surface area contributed by atoms with Gasteiger partial charge in [0.05, 0.1) is 0 Å². The molecule has 0 saturated carbocycles. The Kier molecular flexibility index (Phi) is 6.03. The normalized spacial score (nSPS) is 13.8. The van der Waals surface area contributed by atoms with E-state index in [9.17, 15) is 13.6 Å². The lowest BCUT2D eigenvalue weighted by molar-refractivity contribution is 0.0947. The maximum Gasteiger partial charge on any atom is 0.272 e. The fourth-order valence-corrected chi connectivity index (χ4v) is 4.19. The molecule has 2 heterocycles. The van der Waals surface area contributed by atoms with E-state index in [2.05, 4.69) is 25.3 Å². The van der Waals surface area contributed by atoms with Crippen molar-refractivity contribution in [1.29, 1.82) is 0 Å². The van der Waals surface area contributed by atoms with Crippen molar-refractivity contribution in [2.24, 2.45) is 0 Å². The molecule has 0 bridgehead atoms. The van der Waals surface area contributed by atoms with Gasteiger partial charge >= 0.3 is 0 Å². The quantitative estimate of drug-likeness (QED) is 0.486. The van der Waals surface area contributed by atoms with Gasteiger partial charge in [-0.25, -0.2) is 8.78 Å². The van der Waals surface area contributed by atoms with E-state index < -0.39 is 0 Å². The highest BCUT2D eigenvalue weighted by atomic mass is 19.1. The minimum atomic E-state index is -0.333. The third-order valence-electron chi connectivity index (χ3n) is 6.02. The molecule has 4 aromatic rings. The molecule has 3 aromatic carbocycles. The predicted octanol–water partition coefficient (Wildman–Crippen LogP) is 4.16. The maximum atomic E-state index is 13.2. The van der Waals surface area contributed by atoms with Crippen LogP contribution in [0.2, 0.25) is 0 Å². The van der Waals surface area contributed by atoms with Crippen LogP contribution in [0.15, 0.2) is 72.8 Å².